The Morgan fingerprint density at radius 2 is 2.05 bits per heavy atom. The van der Waals surface area contributed by atoms with Crippen LogP contribution in [0.25, 0.3) is 0 Å². The van der Waals surface area contributed by atoms with Gasteiger partial charge in [0, 0.05) is 21.4 Å². The fraction of sp³-hybridized carbons (Fsp3) is 0.133. The molecule has 0 aromatic heterocycles. The summed E-state index contributed by atoms with van der Waals surface area (Å²) in [5.74, 6) is -0.532. The molecule has 2 aromatic carbocycles. The Morgan fingerprint density at radius 1 is 1.25 bits per heavy atom. The summed E-state index contributed by atoms with van der Waals surface area (Å²) in [5.41, 5.74) is 3.22. The lowest BCUT2D eigenvalue weighted by Gasteiger charge is -2.14. The monoisotopic (exact) mass is 334 g/mol. The highest BCUT2D eigenvalue weighted by molar-refractivity contribution is 9.10. The van der Waals surface area contributed by atoms with E-state index in [0.717, 1.165) is 21.3 Å². The molecule has 3 rings (SSSR count). The normalized spacial score (nSPS) is 16.8. The molecule has 2 aromatic rings. The molecule has 1 heterocycles. The Balaban J connectivity index is 1.92. The lowest BCUT2D eigenvalue weighted by Crippen LogP contribution is -2.19. The molecule has 0 saturated carbocycles. The molecule has 3 nitrogen and oxygen atoms in total. The minimum absolute atomic E-state index is 0.175. The number of aryl methyl sites for hydroxylation is 1. The van der Waals surface area contributed by atoms with E-state index in [4.69, 9.17) is 0 Å². The first-order valence-electron chi connectivity index (χ1n) is 6.17. The molecule has 0 fully saturated rings. The van der Waals surface area contributed by atoms with Crippen LogP contribution in [-0.4, -0.2) is 5.91 Å². The second-order valence-corrected chi connectivity index (χ2v) is 5.62. The number of hydrogen-bond acceptors (Lipinski definition) is 2. The van der Waals surface area contributed by atoms with Gasteiger partial charge in [0.05, 0.1) is 0 Å². The molecule has 0 bridgehead atoms. The third-order valence-corrected chi connectivity index (χ3v) is 4.21. The van der Waals surface area contributed by atoms with Gasteiger partial charge in [-0.15, -0.1) is 0 Å². The maximum atomic E-state index is 13.2. The summed E-state index contributed by atoms with van der Waals surface area (Å²) in [6.07, 6.45) is 0. The molecule has 1 atom stereocenters. The molecule has 1 aliphatic rings. The van der Waals surface area contributed by atoms with Crippen molar-refractivity contribution in [2.75, 3.05) is 10.6 Å². The summed E-state index contributed by atoms with van der Waals surface area (Å²) < 4.78 is 14.2. The number of anilines is 2. The van der Waals surface area contributed by atoms with Crippen molar-refractivity contribution in [3.63, 3.8) is 0 Å². The fourth-order valence-corrected chi connectivity index (χ4v) is 2.53. The maximum Gasteiger partial charge on any atom is 0.251 e. The van der Waals surface area contributed by atoms with Crippen LogP contribution in [0.15, 0.2) is 40.9 Å². The van der Waals surface area contributed by atoms with Crippen LogP contribution >= 0.6 is 15.9 Å². The quantitative estimate of drug-likeness (QED) is 0.871. The van der Waals surface area contributed by atoms with Gasteiger partial charge in [0.25, 0.3) is 5.91 Å². The van der Waals surface area contributed by atoms with E-state index >= 15 is 0 Å². The van der Waals surface area contributed by atoms with Gasteiger partial charge in [-0.1, -0.05) is 22.0 Å². The van der Waals surface area contributed by atoms with E-state index in [9.17, 15) is 9.18 Å². The standard InChI is InChI=1S/C15H12BrFN2O/c1-8-6-10(3-5-12(8)16)18-14-11-4-2-9(17)7-13(11)19-15(14)20/h2-7,14,18H,1H3,(H,19,20). The molecule has 102 valence electrons. The van der Waals surface area contributed by atoms with Crippen molar-refractivity contribution in [2.45, 2.75) is 13.0 Å². The van der Waals surface area contributed by atoms with Gasteiger partial charge in [-0.3, -0.25) is 4.79 Å². The second-order valence-electron chi connectivity index (χ2n) is 4.76. The highest BCUT2D eigenvalue weighted by Crippen LogP contribution is 2.34. The number of hydrogen-bond donors (Lipinski definition) is 2. The zero-order valence-corrected chi connectivity index (χ0v) is 12.3. The lowest BCUT2D eigenvalue weighted by atomic mass is 10.1. The van der Waals surface area contributed by atoms with Crippen LogP contribution in [0.1, 0.15) is 17.2 Å². The van der Waals surface area contributed by atoms with Crippen molar-refractivity contribution < 1.29 is 9.18 Å². The third-order valence-electron chi connectivity index (χ3n) is 3.32. The molecule has 1 aliphatic heterocycles. The van der Waals surface area contributed by atoms with Crippen LogP contribution < -0.4 is 10.6 Å². The van der Waals surface area contributed by atoms with Crippen LogP contribution in [-0.2, 0) is 4.79 Å². The molecule has 0 radical (unpaired) electrons. The average Bonchev–Trinajstić information content (AvgIpc) is 2.69. The first kappa shape index (κ1) is 13.1. The zero-order chi connectivity index (χ0) is 14.3. The van der Waals surface area contributed by atoms with Crippen LogP contribution in [0.2, 0.25) is 0 Å². The van der Waals surface area contributed by atoms with Crippen molar-refractivity contribution in [1.29, 1.82) is 0 Å². The highest BCUT2D eigenvalue weighted by Gasteiger charge is 2.30. The van der Waals surface area contributed by atoms with Crippen molar-refractivity contribution in [1.82, 2.24) is 0 Å². The van der Waals surface area contributed by atoms with E-state index in [2.05, 4.69) is 26.6 Å². The van der Waals surface area contributed by atoms with Gasteiger partial charge < -0.3 is 10.6 Å². The van der Waals surface area contributed by atoms with Crippen LogP contribution in [0.3, 0.4) is 0 Å². The molecule has 0 aliphatic carbocycles. The van der Waals surface area contributed by atoms with E-state index in [1.54, 1.807) is 6.07 Å². The largest absolute Gasteiger partial charge is 0.370 e. The Morgan fingerprint density at radius 3 is 2.80 bits per heavy atom. The van der Waals surface area contributed by atoms with Crippen molar-refractivity contribution in [2.24, 2.45) is 0 Å². The van der Waals surface area contributed by atoms with Gasteiger partial charge in [-0.2, -0.15) is 0 Å². The molecule has 2 N–H and O–H groups in total. The van der Waals surface area contributed by atoms with Crippen molar-refractivity contribution >= 4 is 33.2 Å². The number of nitrogens with one attached hydrogen (secondary N) is 2. The minimum atomic E-state index is -0.494. The van der Waals surface area contributed by atoms with Gasteiger partial charge in [-0.05, 0) is 42.8 Å². The highest BCUT2D eigenvalue weighted by atomic mass is 79.9. The molecule has 5 heteroatoms. The fourth-order valence-electron chi connectivity index (χ4n) is 2.28. The van der Waals surface area contributed by atoms with Gasteiger partial charge >= 0.3 is 0 Å². The number of benzene rings is 2. The Kier molecular flexibility index (Phi) is 3.22. The molecule has 1 amide bonds. The topological polar surface area (TPSA) is 41.1 Å². The summed E-state index contributed by atoms with van der Waals surface area (Å²) in [7, 11) is 0. The Labute approximate surface area is 124 Å². The average molecular weight is 335 g/mol. The summed E-state index contributed by atoms with van der Waals surface area (Å²) >= 11 is 3.44. The van der Waals surface area contributed by atoms with Crippen molar-refractivity contribution in [3.8, 4) is 0 Å². The SMILES string of the molecule is Cc1cc(NC2C(=O)Nc3cc(F)ccc32)ccc1Br. The number of carbonyl (C=O) groups is 1. The Hall–Kier alpha value is -1.88. The summed E-state index contributed by atoms with van der Waals surface area (Å²) in [5, 5.41) is 5.86. The van der Waals surface area contributed by atoms with Gasteiger partial charge in [0.2, 0.25) is 0 Å². The van der Waals surface area contributed by atoms with E-state index in [-0.39, 0.29) is 11.7 Å². The summed E-state index contributed by atoms with van der Waals surface area (Å²) in [6, 6.07) is 9.61. The molecule has 0 spiro atoms. The smallest absolute Gasteiger partial charge is 0.251 e. The van der Waals surface area contributed by atoms with Gasteiger partial charge in [-0.25, -0.2) is 4.39 Å². The number of amides is 1. The van der Waals surface area contributed by atoms with Crippen LogP contribution in [0.5, 0.6) is 0 Å². The lowest BCUT2D eigenvalue weighted by molar-refractivity contribution is -0.116. The van der Waals surface area contributed by atoms with E-state index < -0.39 is 6.04 Å². The van der Waals surface area contributed by atoms with E-state index in [0.29, 0.717) is 5.69 Å². The first-order valence-corrected chi connectivity index (χ1v) is 6.97. The molecule has 0 saturated heterocycles. The molecular formula is C15H12BrFN2O. The van der Waals surface area contributed by atoms with Crippen LogP contribution in [0, 0.1) is 12.7 Å². The third kappa shape index (κ3) is 2.29. The minimum Gasteiger partial charge on any atom is -0.370 e. The number of carbonyl (C=O) groups excluding carboxylic acids is 1. The van der Waals surface area contributed by atoms with Gasteiger partial charge in [0.15, 0.2) is 0 Å². The van der Waals surface area contributed by atoms with Crippen LogP contribution in [0.4, 0.5) is 15.8 Å². The number of halogens is 2. The Bertz CT molecular complexity index is 702. The second kappa shape index (κ2) is 4.90. The predicted molar refractivity (Wildman–Crippen MR) is 80.3 cm³/mol. The maximum absolute atomic E-state index is 13.2. The molecule has 20 heavy (non-hydrogen) atoms. The van der Waals surface area contributed by atoms with E-state index in [1.165, 1.54) is 12.1 Å². The summed E-state index contributed by atoms with van der Waals surface area (Å²) in [6.45, 7) is 1.98. The van der Waals surface area contributed by atoms with Crippen molar-refractivity contribution in [3.05, 3.63) is 57.8 Å². The summed E-state index contributed by atoms with van der Waals surface area (Å²) in [4.78, 5) is 12.0. The molecule has 1 unspecified atom stereocenters. The zero-order valence-electron chi connectivity index (χ0n) is 10.7. The molecular weight excluding hydrogens is 323 g/mol. The number of fused-ring (bicyclic) bond motifs is 1. The van der Waals surface area contributed by atoms with E-state index in [1.807, 2.05) is 25.1 Å². The predicted octanol–water partition coefficient (Wildman–Crippen LogP) is 4.00. The first-order chi connectivity index (χ1) is 9.54. The van der Waals surface area contributed by atoms with Gasteiger partial charge in [0.1, 0.15) is 11.9 Å². The number of rotatable bonds is 2.